The minimum atomic E-state index is -1.14. The smallest absolute Gasteiger partial charge is 0.408 e. The number of fused-ring (bicyclic) bond motifs is 1. The van der Waals surface area contributed by atoms with Gasteiger partial charge in [0.2, 0.25) is 0 Å². The lowest BCUT2D eigenvalue weighted by molar-refractivity contribution is 0.0874. The van der Waals surface area contributed by atoms with E-state index in [1.165, 1.54) is 0 Å². The molecule has 1 amide bonds. The molecular formula is C22H22N4O5. The summed E-state index contributed by atoms with van der Waals surface area (Å²) in [7, 11) is 1.59. The number of amides is 1. The molecule has 0 aliphatic carbocycles. The number of nitrogens with one attached hydrogen (secondary N) is 2. The summed E-state index contributed by atoms with van der Waals surface area (Å²) < 4.78 is 10.9. The Bertz CT molecular complexity index is 1100. The molecule has 9 heteroatoms. The first kappa shape index (κ1) is 20.4. The predicted molar refractivity (Wildman–Crippen MR) is 114 cm³/mol. The van der Waals surface area contributed by atoms with Crippen LogP contribution >= 0.6 is 0 Å². The van der Waals surface area contributed by atoms with Crippen LogP contribution in [0.2, 0.25) is 0 Å². The van der Waals surface area contributed by atoms with Gasteiger partial charge >= 0.3 is 6.09 Å². The maximum absolute atomic E-state index is 12.9. The van der Waals surface area contributed by atoms with E-state index in [0.717, 1.165) is 10.6 Å². The lowest BCUT2D eigenvalue weighted by atomic mass is 10.0. The molecule has 3 aromatic rings. The maximum Gasteiger partial charge on any atom is 0.408 e. The first-order chi connectivity index (χ1) is 15.1. The van der Waals surface area contributed by atoms with Crippen LogP contribution in [-0.2, 0) is 11.3 Å². The number of rotatable bonds is 7. The third kappa shape index (κ3) is 4.22. The van der Waals surface area contributed by atoms with Gasteiger partial charge in [-0.15, -0.1) is 0 Å². The van der Waals surface area contributed by atoms with E-state index < -0.39 is 6.09 Å². The minimum Gasteiger partial charge on any atom is -0.489 e. The summed E-state index contributed by atoms with van der Waals surface area (Å²) in [6.45, 7) is 0.640. The van der Waals surface area contributed by atoms with E-state index in [1.54, 1.807) is 25.6 Å². The molecule has 4 rings (SSSR count). The molecular weight excluding hydrogens is 400 g/mol. The number of anilines is 2. The highest BCUT2D eigenvalue weighted by Crippen LogP contribution is 2.41. The van der Waals surface area contributed by atoms with Gasteiger partial charge in [0.1, 0.15) is 12.4 Å². The van der Waals surface area contributed by atoms with Gasteiger partial charge in [-0.3, -0.25) is 14.7 Å². The fraction of sp³-hybridized carbons (Fsp3) is 0.227. The number of carbonyl (C=O) groups is 2. The number of para-hydroxylation sites is 1. The maximum atomic E-state index is 12.9. The number of benzene rings is 1. The zero-order valence-corrected chi connectivity index (χ0v) is 16.9. The van der Waals surface area contributed by atoms with E-state index in [2.05, 4.69) is 15.3 Å². The van der Waals surface area contributed by atoms with Crippen molar-refractivity contribution in [3.05, 3.63) is 60.0 Å². The number of ether oxygens (including phenoxy) is 2. The average Bonchev–Trinajstić information content (AvgIpc) is 3.13. The van der Waals surface area contributed by atoms with Gasteiger partial charge in [0.05, 0.1) is 42.8 Å². The molecule has 0 spiro atoms. The van der Waals surface area contributed by atoms with E-state index in [1.807, 2.05) is 30.3 Å². The second kappa shape index (κ2) is 8.88. The van der Waals surface area contributed by atoms with Crippen LogP contribution in [-0.4, -0.2) is 58.7 Å². The van der Waals surface area contributed by atoms with Gasteiger partial charge in [-0.2, -0.15) is 0 Å². The Hall–Kier alpha value is -3.85. The van der Waals surface area contributed by atoms with Crippen LogP contribution in [0.4, 0.5) is 16.2 Å². The Morgan fingerprint density at radius 2 is 2.03 bits per heavy atom. The molecule has 0 saturated heterocycles. The van der Waals surface area contributed by atoms with Gasteiger partial charge in [-0.05, 0) is 18.2 Å². The number of ketones is 1. The molecule has 1 aliphatic heterocycles. The van der Waals surface area contributed by atoms with Crippen LogP contribution in [0, 0.1) is 0 Å². The van der Waals surface area contributed by atoms with Gasteiger partial charge in [-0.25, -0.2) is 4.79 Å². The molecule has 0 fully saturated rings. The molecule has 0 unspecified atom stereocenters. The Morgan fingerprint density at radius 1 is 1.23 bits per heavy atom. The van der Waals surface area contributed by atoms with Crippen molar-refractivity contribution >= 4 is 23.3 Å². The quantitative estimate of drug-likeness (QED) is 0.499. The zero-order chi connectivity index (χ0) is 21.8. The largest absolute Gasteiger partial charge is 0.489 e. The van der Waals surface area contributed by atoms with Crippen molar-refractivity contribution in [2.24, 2.45) is 0 Å². The Kier molecular flexibility index (Phi) is 5.85. The number of methoxy groups -OCH3 is 1. The predicted octanol–water partition coefficient (Wildman–Crippen LogP) is 3.52. The normalized spacial score (nSPS) is 13.1. The number of aromatic nitrogens is 2. The molecule has 0 bridgehead atoms. The van der Waals surface area contributed by atoms with E-state index in [0.29, 0.717) is 47.2 Å². The van der Waals surface area contributed by atoms with Crippen molar-refractivity contribution in [2.45, 2.75) is 6.54 Å². The van der Waals surface area contributed by atoms with E-state index in [-0.39, 0.29) is 18.9 Å². The minimum absolute atomic E-state index is 0.0881. The molecule has 0 radical (unpaired) electrons. The standard InChI is InChI=1S/C22H22N4O5/c1-30-9-10-31-18-11-23-8-7-15(18)20-21(24-14-5-3-2-4-6-14)19-16(25-20)12-26(22(28)29)13-17(19)27/h2-8,11,24-25H,9-10,12-13H2,1H3,(H,28,29). The molecule has 31 heavy (non-hydrogen) atoms. The molecule has 3 N–H and O–H groups in total. The number of nitrogens with zero attached hydrogens (tertiary/aromatic N) is 2. The molecule has 2 aromatic heterocycles. The van der Waals surface area contributed by atoms with Gasteiger partial charge in [-0.1, -0.05) is 18.2 Å². The Morgan fingerprint density at radius 3 is 2.77 bits per heavy atom. The van der Waals surface area contributed by atoms with Crippen LogP contribution in [0.1, 0.15) is 16.1 Å². The van der Waals surface area contributed by atoms with E-state index in [9.17, 15) is 14.7 Å². The lowest BCUT2D eigenvalue weighted by Crippen LogP contribution is -2.38. The number of aromatic amines is 1. The van der Waals surface area contributed by atoms with Crippen molar-refractivity contribution in [3.8, 4) is 17.0 Å². The fourth-order valence-electron chi connectivity index (χ4n) is 3.54. The van der Waals surface area contributed by atoms with Crippen LogP contribution in [0.15, 0.2) is 48.8 Å². The highest BCUT2D eigenvalue weighted by molar-refractivity contribution is 6.09. The van der Waals surface area contributed by atoms with Gasteiger partial charge in [0.15, 0.2) is 5.78 Å². The summed E-state index contributed by atoms with van der Waals surface area (Å²) in [6.07, 6.45) is 2.10. The number of H-pyrrole nitrogens is 1. The number of Topliss-reactive ketones (excluding diaryl/α,β-unsaturated/α-hetero) is 1. The lowest BCUT2D eigenvalue weighted by Gasteiger charge is -2.23. The topological polar surface area (TPSA) is 117 Å². The van der Waals surface area contributed by atoms with Crippen molar-refractivity contribution < 1.29 is 24.2 Å². The number of hydrogen-bond acceptors (Lipinski definition) is 6. The second-order valence-electron chi connectivity index (χ2n) is 6.99. The number of pyridine rings is 1. The first-order valence-corrected chi connectivity index (χ1v) is 9.72. The monoisotopic (exact) mass is 422 g/mol. The molecule has 3 heterocycles. The first-order valence-electron chi connectivity index (χ1n) is 9.72. The summed E-state index contributed by atoms with van der Waals surface area (Å²) in [5.74, 6) is 0.247. The molecule has 1 aliphatic rings. The number of carbonyl (C=O) groups excluding carboxylic acids is 1. The highest BCUT2D eigenvalue weighted by Gasteiger charge is 2.33. The summed E-state index contributed by atoms with van der Waals surface area (Å²) >= 11 is 0. The summed E-state index contributed by atoms with van der Waals surface area (Å²) in [5, 5.41) is 12.7. The zero-order valence-electron chi connectivity index (χ0n) is 16.9. The van der Waals surface area contributed by atoms with E-state index >= 15 is 0 Å². The summed E-state index contributed by atoms with van der Waals surface area (Å²) in [5.41, 5.74) is 3.70. The van der Waals surface area contributed by atoms with Crippen molar-refractivity contribution in [3.63, 3.8) is 0 Å². The second-order valence-corrected chi connectivity index (χ2v) is 6.99. The van der Waals surface area contributed by atoms with Crippen LogP contribution in [0.5, 0.6) is 5.75 Å². The Labute approximate surface area is 178 Å². The number of carboxylic acid groups (broad SMARTS) is 1. The SMILES string of the molecule is COCCOc1cnccc1-c1[nH]c2c(c1Nc1ccccc1)C(=O)CN(C(=O)O)C2. The van der Waals surface area contributed by atoms with Crippen LogP contribution in [0.3, 0.4) is 0 Å². The van der Waals surface area contributed by atoms with Crippen LogP contribution < -0.4 is 10.1 Å². The summed E-state index contributed by atoms with van der Waals surface area (Å²) in [4.78, 5) is 32.9. The van der Waals surface area contributed by atoms with Crippen LogP contribution in [0.25, 0.3) is 11.3 Å². The third-order valence-corrected chi connectivity index (χ3v) is 4.95. The molecule has 1 aromatic carbocycles. The fourth-order valence-corrected chi connectivity index (χ4v) is 3.54. The molecule has 0 saturated carbocycles. The van der Waals surface area contributed by atoms with Gasteiger partial charge in [0.25, 0.3) is 0 Å². The van der Waals surface area contributed by atoms with Crippen molar-refractivity contribution in [2.75, 3.05) is 32.2 Å². The molecule has 0 atom stereocenters. The number of hydrogen-bond donors (Lipinski definition) is 3. The Balaban J connectivity index is 1.82. The van der Waals surface area contributed by atoms with Gasteiger partial charge < -0.3 is 24.9 Å². The third-order valence-electron chi connectivity index (χ3n) is 4.95. The van der Waals surface area contributed by atoms with Crippen molar-refractivity contribution in [1.29, 1.82) is 0 Å². The average molecular weight is 422 g/mol. The highest BCUT2D eigenvalue weighted by atomic mass is 16.5. The van der Waals surface area contributed by atoms with E-state index in [4.69, 9.17) is 9.47 Å². The molecule has 160 valence electrons. The summed E-state index contributed by atoms with van der Waals surface area (Å²) in [6, 6.07) is 11.3. The van der Waals surface area contributed by atoms with Crippen molar-refractivity contribution in [1.82, 2.24) is 14.9 Å². The van der Waals surface area contributed by atoms with Gasteiger partial charge in [0, 0.05) is 30.3 Å². The molecule has 9 nitrogen and oxygen atoms in total.